The van der Waals surface area contributed by atoms with Crippen LogP contribution in [0.5, 0.6) is 5.75 Å². The third kappa shape index (κ3) is 4.62. The molecule has 1 fully saturated rings. The Kier molecular flexibility index (Phi) is 5.88. The Balaban J connectivity index is 1.37. The second-order valence-electron chi connectivity index (χ2n) is 6.37. The smallest absolute Gasteiger partial charge is 0.274 e. The van der Waals surface area contributed by atoms with Crippen LogP contribution >= 0.6 is 0 Å². The van der Waals surface area contributed by atoms with Gasteiger partial charge in [0, 0.05) is 38.3 Å². The molecule has 0 unspecified atom stereocenters. The third-order valence-electron chi connectivity index (χ3n) is 4.39. The van der Waals surface area contributed by atoms with E-state index in [0.29, 0.717) is 51.3 Å². The maximum atomic E-state index is 12.4. The van der Waals surface area contributed by atoms with Crippen LogP contribution in [0.4, 0.5) is 0 Å². The molecule has 1 aliphatic heterocycles. The van der Waals surface area contributed by atoms with E-state index in [2.05, 4.69) is 10.2 Å². The van der Waals surface area contributed by atoms with E-state index in [0.717, 1.165) is 11.4 Å². The Hall–Kier alpha value is -2.83. The summed E-state index contributed by atoms with van der Waals surface area (Å²) in [5, 5.41) is 6.79. The van der Waals surface area contributed by atoms with Crippen LogP contribution in [0.3, 0.4) is 0 Å². The fourth-order valence-corrected chi connectivity index (χ4v) is 2.94. The fraction of sp³-hybridized carbons (Fsp3) is 0.421. The number of aromatic nitrogens is 2. The Morgan fingerprint density at radius 3 is 2.46 bits per heavy atom. The molecule has 0 aliphatic carbocycles. The molecule has 1 aromatic carbocycles. The molecule has 2 heterocycles. The number of amides is 2. The second-order valence-corrected chi connectivity index (χ2v) is 6.37. The van der Waals surface area contributed by atoms with E-state index >= 15 is 0 Å². The van der Waals surface area contributed by atoms with Gasteiger partial charge >= 0.3 is 0 Å². The number of piperazine rings is 1. The van der Waals surface area contributed by atoms with Gasteiger partial charge in [-0.1, -0.05) is 18.2 Å². The zero-order valence-electron chi connectivity index (χ0n) is 15.0. The summed E-state index contributed by atoms with van der Waals surface area (Å²) in [5.41, 5.74) is 1.29. The standard InChI is InChI=1S/C19H24N4O3/c1-15-14-17(21-20-15)19(25)23-11-9-22(10-12-23)18(24)8-5-13-26-16-6-3-2-4-7-16/h2-4,6-7,14H,5,8-13H2,1H3,(H,20,21). The lowest BCUT2D eigenvalue weighted by atomic mass is 10.2. The van der Waals surface area contributed by atoms with Crippen LogP contribution in [0.15, 0.2) is 36.4 Å². The van der Waals surface area contributed by atoms with Gasteiger partial charge in [-0.15, -0.1) is 0 Å². The molecule has 0 spiro atoms. The minimum atomic E-state index is -0.0855. The van der Waals surface area contributed by atoms with E-state index < -0.39 is 0 Å². The van der Waals surface area contributed by atoms with Gasteiger partial charge < -0.3 is 14.5 Å². The van der Waals surface area contributed by atoms with Gasteiger partial charge in [-0.25, -0.2) is 0 Å². The van der Waals surface area contributed by atoms with Crippen LogP contribution in [0.25, 0.3) is 0 Å². The highest BCUT2D eigenvalue weighted by Crippen LogP contribution is 2.11. The predicted octanol–water partition coefficient (Wildman–Crippen LogP) is 1.86. The molecular formula is C19H24N4O3. The summed E-state index contributed by atoms with van der Waals surface area (Å²) >= 11 is 0. The predicted molar refractivity (Wildman–Crippen MR) is 97.0 cm³/mol. The van der Waals surface area contributed by atoms with Gasteiger partial charge in [0.25, 0.3) is 5.91 Å². The Labute approximate surface area is 152 Å². The first-order valence-electron chi connectivity index (χ1n) is 8.90. The highest BCUT2D eigenvalue weighted by molar-refractivity contribution is 5.92. The van der Waals surface area contributed by atoms with Gasteiger partial charge in [0.15, 0.2) is 0 Å². The Bertz CT molecular complexity index is 736. The van der Waals surface area contributed by atoms with Gasteiger partial charge in [0.05, 0.1) is 6.61 Å². The number of benzene rings is 1. The summed E-state index contributed by atoms with van der Waals surface area (Å²) in [7, 11) is 0. The molecule has 7 nitrogen and oxygen atoms in total. The molecule has 26 heavy (non-hydrogen) atoms. The summed E-state index contributed by atoms with van der Waals surface area (Å²) in [5.74, 6) is 0.850. The van der Waals surface area contributed by atoms with Crippen LogP contribution in [0, 0.1) is 6.92 Å². The molecular weight excluding hydrogens is 332 g/mol. The summed E-state index contributed by atoms with van der Waals surface area (Å²) in [6.07, 6.45) is 1.14. The van der Waals surface area contributed by atoms with E-state index in [1.807, 2.05) is 42.2 Å². The minimum Gasteiger partial charge on any atom is -0.494 e. The van der Waals surface area contributed by atoms with Crippen molar-refractivity contribution in [2.75, 3.05) is 32.8 Å². The van der Waals surface area contributed by atoms with Gasteiger partial charge in [-0.3, -0.25) is 14.7 Å². The molecule has 0 bridgehead atoms. The number of nitrogens with one attached hydrogen (secondary N) is 1. The van der Waals surface area contributed by atoms with Crippen molar-refractivity contribution >= 4 is 11.8 Å². The van der Waals surface area contributed by atoms with Crippen molar-refractivity contribution in [1.82, 2.24) is 20.0 Å². The number of nitrogens with zero attached hydrogens (tertiary/aromatic N) is 3. The molecule has 0 atom stereocenters. The van der Waals surface area contributed by atoms with Crippen LogP contribution in [-0.2, 0) is 4.79 Å². The highest BCUT2D eigenvalue weighted by Gasteiger charge is 2.25. The maximum Gasteiger partial charge on any atom is 0.274 e. The highest BCUT2D eigenvalue weighted by atomic mass is 16.5. The van der Waals surface area contributed by atoms with Crippen LogP contribution < -0.4 is 4.74 Å². The first kappa shape index (κ1) is 18.0. The van der Waals surface area contributed by atoms with Gasteiger partial charge in [-0.2, -0.15) is 5.10 Å². The van der Waals surface area contributed by atoms with E-state index in [4.69, 9.17) is 4.74 Å². The van der Waals surface area contributed by atoms with Crippen LogP contribution in [0.2, 0.25) is 0 Å². The first-order valence-corrected chi connectivity index (χ1v) is 8.90. The average Bonchev–Trinajstić information content (AvgIpc) is 3.12. The third-order valence-corrected chi connectivity index (χ3v) is 4.39. The van der Waals surface area contributed by atoms with Gasteiger partial charge in [-0.05, 0) is 31.5 Å². The topological polar surface area (TPSA) is 78.5 Å². The zero-order chi connectivity index (χ0) is 18.4. The normalized spacial score (nSPS) is 14.3. The van der Waals surface area contributed by atoms with Crippen molar-refractivity contribution in [2.24, 2.45) is 0 Å². The number of aromatic amines is 1. The number of H-pyrrole nitrogens is 1. The molecule has 0 saturated carbocycles. The van der Waals surface area contributed by atoms with E-state index in [1.165, 1.54) is 0 Å². The molecule has 1 aromatic heterocycles. The summed E-state index contributed by atoms with van der Waals surface area (Å²) in [6, 6.07) is 11.3. The lowest BCUT2D eigenvalue weighted by Crippen LogP contribution is -2.50. The summed E-state index contributed by atoms with van der Waals surface area (Å²) in [6.45, 7) is 4.59. The van der Waals surface area contributed by atoms with Crippen molar-refractivity contribution in [3.8, 4) is 5.75 Å². The van der Waals surface area contributed by atoms with Crippen molar-refractivity contribution in [3.05, 3.63) is 47.8 Å². The fourth-order valence-electron chi connectivity index (χ4n) is 2.94. The number of aryl methyl sites for hydroxylation is 1. The first-order chi connectivity index (χ1) is 12.6. The molecule has 2 aromatic rings. The van der Waals surface area contributed by atoms with Gasteiger partial charge in [0.2, 0.25) is 5.91 Å². The number of hydrogen-bond acceptors (Lipinski definition) is 4. The number of rotatable bonds is 6. The molecule has 1 aliphatic rings. The monoisotopic (exact) mass is 356 g/mol. The van der Waals surface area contributed by atoms with Crippen LogP contribution in [-0.4, -0.2) is 64.6 Å². The molecule has 0 radical (unpaired) electrons. The second kappa shape index (κ2) is 8.51. The van der Waals surface area contributed by atoms with E-state index in [9.17, 15) is 9.59 Å². The lowest BCUT2D eigenvalue weighted by Gasteiger charge is -2.34. The lowest BCUT2D eigenvalue weighted by molar-refractivity contribution is -0.132. The van der Waals surface area contributed by atoms with E-state index in [-0.39, 0.29) is 11.8 Å². The molecule has 2 amide bonds. The number of ether oxygens (including phenoxy) is 1. The molecule has 3 rings (SSSR count). The molecule has 1 N–H and O–H groups in total. The van der Waals surface area contributed by atoms with Crippen LogP contribution in [0.1, 0.15) is 29.0 Å². The Morgan fingerprint density at radius 1 is 1.12 bits per heavy atom. The quantitative estimate of drug-likeness (QED) is 0.802. The minimum absolute atomic E-state index is 0.0855. The number of carbonyl (C=O) groups excluding carboxylic acids is 2. The number of para-hydroxylation sites is 1. The molecule has 7 heteroatoms. The van der Waals surface area contributed by atoms with Crippen molar-refractivity contribution in [3.63, 3.8) is 0 Å². The van der Waals surface area contributed by atoms with E-state index in [1.54, 1.807) is 11.0 Å². The SMILES string of the molecule is Cc1cc(C(=O)N2CCN(C(=O)CCCOc3ccccc3)CC2)n[nH]1. The van der Waals surface area contributed by atoms with Crippen molar-refractivity contribution in [2.45, 2.75) is 19.8 Å². The van der Waals surface area contributed by atoms with Crippen molar-refractivity contribution < 1.29 is 14.3 Å². The Morgan fingerprint density at radius 2 is 1.81 bits per heavy atom. The largest absolute Gasteiger partial charge is 0.494 e. The average molecular weight is 356 g/mol. The zero-order valence-corrected chi connectivity index (χ0v) is 15.0. The molecule has 138 valence electrons. The summed E-state index contributed by atoms with van der Waals surface area (Å²) in [4.78, 5) is 28.2. The number of carbonyl (C=O) groups is 2. The number of hydrogen-bond donors (Lipinski definition) is 1. The summed E-state index contributed by atoms with van der Waals surface area (Å²) < 4.78 is 5.61. The maximum absolute atomic E-state index is 12.4. The molecule has 1 saturated heterocycles. The van der Waals surface area contributed by atoms with Crippen molar-refractivity contribution in [1.29, 1.82) is 0 Å². The van der Waals surface area contributed by atoms with Gasteiger partial charge in [0.1, 0.15) is 11.4 Å².